The lowest BCUT2D eigenvalue weighted by Crippen LogP contribution is -2.41. The zero-order valence-corrected chi connectivity index (χ0v) is 18.7. The summed E-state index contributed by atoms with van der Waals surface area (Å²) in [5.74, 6) is 0.323. The molecule has 0 aromatic heterocycles. The third kappa shape index (κ3) is 4.28. The van der Waals surface area contributed by atoms with E-state index in [1.807, 2.05) is 48.5 Å². The highest BCUT2D eigenvalue weighted by atomic mass is 35.5. The summed E-state index contributed by atoms with van der Waals surface area (Å²) >= 11 is 7.66. The highest BCUT2D eigenvalue weighted by molar-refractivity contribution is 8.04. The molecule has 1 saturated carbocycles. The second-order valence-corrected chi connectivity index (χ2v) is 9.51. The molecule has 4 rings (SSSR count). The summed E-state index contributed by atoms with van der Waals surface area (Å²) in [6, 6.07) is 13.2. The number of thioether (sulfide) groups is 1. The van der Waals surface area contributed by atoms with Gasteiger partial charge in [-0.2, -0.15) is 0 Å². The van der Waals surface area contributed by atoms with Crippen LogP contribution in [0.15, 0.2) is 52.3 Å². The van der Waals surface area contributed by atoms with Crippen molar-refractivity contribution in [3.63, 3.8) is 0 Å². The number of nitrogens with one attached hydrogen (secondary N) is 1. The molecule has 2 aromatic carbocycles. The predicted octanol–water partition coefficient (Wildman–Crippen LogP) is 5.76. The summed E-state index contributed by atoms with van der Waals surface area (Å²) in [5, 5.41) is 3.80. The van der Waals surface area contributed by atoms with Gasteiger partial charge < -0.3 is 10.2 Å². The van der Waals surface area contributed by atoms with E-state index in [-0.39, 0.29) is 17.9 Å². The molecule has 0 saturated heterocycles. The molecule has 2 aromatic rings. The van der Waals surface area contributed by atoms with Crippen molar-refractivity contribution < 1.29 is 9.59 Å². The Hall–Kier alpha value is -2.24. The molecule has 4 nitrogen and oxygen atoms in total. The number of carbonyl (C=O) groups excluding carboxylic acids is 2. The number of halogens is 1. The van der Waals surface area contributed by atoms with E-state index in [0.717, 1.165) is 35.4 Å². The smallest absolute Gasteiger partial charge is 0.264 e. The maximum absolute atomic E-state index is 12.9. The summed E-state index contributed by atoms with van der Waals surface area (Å²) in [4.78, 5) is 28.9. The van der Waals surface area contributed by atoms with E-state index in [0.29, 0.717) is 21.4 Å². The van der Waals surface area contributed by atoms with Gasteiger partial charge in [0, 0.05) is 28.6 Å². The van der Waals surface area contributed by atoms with Crippen molar-refractivity contribution in [1.29, 1.82) is 0 Å². The second kappa shape index (κ2) is 8.86. The number of hydrogen-bond donors (Lipinski definition) is 1. The maximum atomic E-state index is 12.9. The van der Waals surface area contributed by atoms with Crippen molar-refractivity contribution in [3.05, 3.63) is 63.5 Å². The van der Waals surface area contributed by atoms with Crippen LogP contribution in [-0.2, 0) is 4.79 Å². The fourth-order valence-corrected chi connectivity index (χ4v) is 5.32. The zero-order chi connectivity index (χ0) is 21.3. The fourth-order valence-electron chi connectivity index (χ4n) is 4.05. The molecule has 1 aliphatic carbocycles. The molecular weight excluding hydrogens is 416 g/mol. The van der Waals surface area contributed by atoms with Crippen LogP contribution in [0.1, 0.15) is 48.5 Å². The third-order valence-electron chi connectivity index (χ3n) is 5.94. The summed E-state index contributed by atoms with van der Waals surface area (Å²) in [5.41, 5.74) is 2.15. The molecule has 0 radical (unpaired) electrons. The highest BCUT2D eigenvalue weighted by Gasteiger charge is 2.28. The van der Waals surface area contributed by atoms with E-state index in [1.54, 1.807) is 11.9 Å². The van der Waals surface area contributed by atoms with E-state index in [9.17, 15) is 9.59 Å². The standard InChI is InChI=1S/C24H25ClN2O2S/c1-15-7-3-6-10-19(15)26-23(28)17-11-12-21-20(13-17)27(2)24(29)22(30-21)14-16-8-4-5-9-18(16)25/h4-5,8-9,11-15,19H,3,6-7,10H2,1-2H3,(H,26,28)/b22-14-/t15-,19-/m0/s1. The van der Waals surface area contributed by atoms with Crippen molar-refractivity contribution in [3.8, 4) is 0 Å². The lowest BCUT2D eigenvalue weighted by atomic mass is 9.86. The Balaban J connectivity index is 1.57. The zero-order valence-electron chi connectivity index (χ0n) is 17.2. The molecule has 2 aliphatic rings. The van der Waals surface area contributed by atoms with Crippen LogP contribution in [-0.4, -0.2) is 24.9 Å². The first kappa shape index (κ1) is 21.0. The van der Waals surface area contributed by atoms with Crippen molar-refractivity contribution >= 4 is 46.9 Å². The van der Waals surface area contributed by atoms with Crippen LogP contribution in [0, 0.1) is 5.92 Å². The Kier molecular flexibility index (Phi) is 6.21. The molecular formula is C24H25ClN2O2S. The van der Waals surface area contributed by atoms with Crippen LogP contribution in [0.25, 0.3) is 6.08 Å². The van der Waals surface area contributed by atoms with Crippen LogP contribution in [0.4, 0.5) is 5.69 Å². The van der Waals surface area contributed by atoms with Crippen LogP contribution in [0.2, 0.25) is 5.02 Å². The molecule has 0 unspecified atom stereocenters. The molecule has 2 atom stereocenters. The molecule has 0 spiro atoms. The highest BCUT2D eigenvalue weighted by Crippen LogP contribution is 2.42. The molecule has 30 heavy (non-hydrogen) atoms. The van der Waals surface area contributed by atoms with Gasteiger partial charge in [0.05, 0.1) is 10.6 Å². The summed E-state index contributed by atoms with van der Waals surface area (Å²) in [7, 11) is 1.74. The number of likely N-dealkylation sites (N-methyl/N-ethyl adjacent to an activating group) is 1. The van der Waals surface area contributed by atoms with Gasteiger partial charge in [-0.1, -0.05) is 61.3 Å². The van der Waals surface area contributed by atoms with E-state index >= 15 is 0 Å². The fraction of sp³-hybridized carbons (Fsp3) is 0.333. The van der Waals surface area contributed by atoms with Gasteiger partial charge in [0.2, 0.25) is 0 Å². The largest absolute Gasteiger partial charge is 0.349 e. The van der Waals surface area contributed by atoms with Gasteiger partial charge >= 0.3 is 0 Å². The van der Waals surface area contributed by atoms with E-state index < -0.39 is 0 Å². The molecule has 1 heterocycles. The normalized spacial score (nSPS) is 22.7. The van der Waals surface area contributed by atoms with Crippen LogP contribution in [0.5, 0.6) is 0 Å². The minimum atomic E-state index is -0.106. The monoisotopic (exact) mass is 440 g/mol. The van der Waals surface area contributed by atoms with Crippen LogP contribution >= 0.6 is 23.4 Å². The van der Waals surface area contributed by atoms with Gasteiger partial charge in [0.1, 0.15) is 0 Å². The quantitative estimate of drug-likeness (QED) is 0.617. The molecule has 156 valence electrons. The lowest BCUT2D eigenvalue weighted by molar-refractivity contribution is -0.114. The molecule has 2 amide bonds. The van der Waals surface area contributed by atoms with Crippen LogP contribution < -0.4 is 10.2 Å². The van der Waals surface area contributed by atoms with Crippen molar-refractivity contribution in [2.24, 2.45) is 5.92 Å². The SMILES string of the molecule is C[C@H]1CCCC[C@@H]1NC(=O)c1ccc2c(c1)N(C)C(=O)/C(=C/c1ccccc1Cl)S2. The number of hydrogen-bond acceptors (Lipinski definition) is 3. The summed E-state index contributed by atoms with van der Waals surface area (Å²) in [6.45, 7) is 2.20. The molecule has 1 aliphatic heterocycles. The predicted molar refractivity (Wildman–Crippen MR) is 124 cm³/mol. The molecule has 1 N–H and O–H groups in total. The van der Waals surface area contributed by atoms with Gasteiger partial charge in [0.15, 0.2) is 0 Å². The Bertz CT molecular complexity index is 1020. The maximum Gasteiger partial charge on any atom is 0.264 e. The number of carbonyl (C=O) groups is 2. The number of nitrogens with zero attached hydrogens (tertiary/aromatic N) is 1. The minimum Gasteiger partial charge on any atom is -0.349 e. The third-order valence-corrected chi connectivity index (χ3v) is 7.36. The van der Waals surface area contributed by atoms with E-state index in [1.165, 1.54) is 18.2 Å². The number of amides is 2. The number of rotatable bonds is 3. The van der Waals surface area contributed by atoms with Gasteiger partial charge in [-0.15, -0.1) is 0 Å². The Morgan fingerprint density at radius 3 is 2.73 bits per heavy atom. The first-order valence-corrected chi connectivity index (χ1v) is 11.5. The first-order chi connectivity index (χ1) is 14.4. The first-order valence-electron chi connectivity index (χ1n) is 10.3. The average molecular weight is 441 g/mol. The Morgan fingerprint density at radius 2 is 1.97 bits per heavy atom. The summed E-state index contributed by atoms with van der Waals surface area (Å²) in [6.07, 6.45) is 6.40. The number of fused-ring (bicyclic) bond motifs is 1. The second-order valence-electron chi connectivity index (χ2n) is 8.02. The Labute approximate surface area is 186 Å². The Morgan fingerprint density at radius 1 is 1.20 bits per heavy atom. The van der Waals surface area contributed by atoms with Crippen molar-refractivity contribution in [1.82, 2.24) is 5.32 Å². The average Bonchev–Trinajstić information content (AvgIpc) is 2.74. The topological polar surface area (TPSA) is 49.4 Å². The van der Waals surface area contributed by atoms with Gasteiger partial charge in [-0.3, -0.25) is 9.59 Å². The van der Waals surface area contributed by atoms with E-state index in [2.05, 4.69) is 12.2 Å². The van der Waals surface area contributed by atoms with Gasteiger partial charge in [-0.25, -0.2) is 0 Å². The van der Waals surface area contributed by atoms with Crippen molar-refractivity contribution in [2.45, 2.75) is 43.5 Å². The molecule has 1 fully saturated rings. The van der Waals surface area contributed by atoms with Crippen LogP contribution in [0.3, 0.4) is 0 Å². The summed E-state index contributed by atoms with van der Waals surface area (Å²) < 4.78 is 0. The number of benzene rings is 2. The van der Waals surface area contributed by atoms with Crippen molar-refractivity contribution in [2.75, 3.05) is 11.9 Å². The lowest BCUT2D eigenvalue weighted by Gasteiger charge is -2.30. The number of anilines is 1. The molecule has 0 bridgehead atoms. The van der Waals surface area contributed by atoms with Gasteiger partial charge in [-0.05, 0) is 54.7 Å². The van der Waals surface area contributed by atoms with E-state index in [4.69, 9.17) is 11.6 Å². The molecule has 6 heteroatoms. The minimum absolute atomic E-state index is 0.0696. The van der Waals surface area contributed by atoms with Gasteiger partial charge in [0.25, 0.3) is 11.8 Å².